The van der Waals surface area contributed by atoms with Gasteiger partial charge in [0, 0.05) is 5.39 Å². The molecule has 0 saturated heterocycles. The predicted molar refractivity (Wildman–Crippen MR) is 108 cm³/mol. The van der Waals surface area contributed by atoms with E-state index in [1.165, 1.54) is 23.1 Å². The summed E-state index contributed by atoms with van der Waals surface area (Å²) in [4.78, 5) is 4.59. The van der Waals surface area contributed by atoms with Gasteiger partial charge in [-0.1, -0.05) is 24.3 Å². The molecule has 3 nitrogen and oxygen atoms in total. The summed E-state index contributed by atoms with van der Waals surface area (Å²) in [5, 5.41) is 4.99. The number of hydrogen-bond acceptors (Lipinski definition) is 2. The maximum atomic E-state index is 13.8. The predicted octanol–water partition coefficient (Wildman–Crippen LogP) is 5.59. The average molecular weight is 367 g/mol. The van der Waals surface area contributed by atoms with Crippen molar-refractivity contribution in [3.05, 3.63) is 72.3 Å². The second-order valence-corrected chi connectivity index (χ2v) is 7.37. The van der Waals surface area contributed by atoms with Crippen LogP contribution in [0, 0.1) is 12.7 Å². The van der Waals surface area contributed by atoms with Gasteiger partial charge in [0.25, 0.3) is 6.33 Å². The molecule has 1 aliphatic heterocycles. The topological polar surface area (TPSA) is 26.0 Å². The first-order chi connectivity index (χ1) is 13.6. The van der Waals surface area contributed by atoms with Crippen molar-refractivity contribution < 1.29 is 13.7 Å². The van der Waals surface area contributed by atoms with Crippen LogP contribution in [-0.4, -0.2) is 4.98 Å². The molecule has 0 bridgehead atoms. The maximum absolute atomic E-state index is 13.8. The van der Waals surface area contributed by atoms with Crippen LogP contribution in [0.2, 0.25) is 0 Å². The van der Waals surface area contributed by atoms with Crippen LogP contribution in [0.25, 0.3) is 43.7 Å². The van der Waals surface area contributed by atoms with Crippen molar-refractivity contribution >= 4 is 32.4 Å². The van der Waals surface area contributed by atoms with E-state index in [9.17, 15) is 4.39 Å². The van der Waals surface area contributed by atoms with Crippen LogP contribution in [0.1, 0.15) is 5.56 Å². The third-order valence-electron chi connectivity index (χ3n) is 5.71. The van der Waals surface area contributed by atoms with Crippen molar-refractivity contribution in [1.82, 2.24) is 4.98 Å². The van der Waals surface area contributed by atoms with Gasteiger partial charge in [-0.05, 0) is 64.0 Å². The smallest absolute Gasteiger partial charge is 0.287 e. The van der Waals surface area contributed by atoms with Crippen molar-refractivity contribution in [2.24, 2.45) is 7.05 Å². The molecule has 0 fully saturated rings. The van der Waals surface area contributed by atoms with Gasteiger partial charge in [-0.15, -0.1) is 0 Å². The van der Waals surface area contributed by atoms with Gasteiger partial charge in [-0.25, -0.2) is 8.96 Å². The Labute approximate surface area is 160 Å². The van der Waals surface area contributed by atoms with Crippen LogP contribution >= 0.6 is 0 Å². The van der Waals surface area contributed by atoms with Gasteiger partial charge in [0.15, 0.2) is 17.0 Å². The summed E-state index contributed by atoms with van der Waals surface area (Å²) >= 11 is 0. The number of aromatic nitrogens is 2. The van der Waals surface area contributed by atoms with Gasteiger partial charge in [-0.2, -0.15) is 0 Å². The minimum atomic E-state index is -0.265. The molecule has 5 aromatic rings. The third-order valence-corrected chi connectivity index (χ3v) is 5.71. The fourth-order valence-corrected chi connectivity index (χ4v) is 4.43. The lowest BCUT2D eigenvalue weighted by Crippen LogP contribution is -2.32. The number of nitrogens with zero attached hydrogens (tertiary/aromatic N) is 2. The summed E-state index contributed by atoms with van der Waals surface area (Å²) in [6.45, 7) is 2.14. The zero-order chi connectivity index (χ0) is 19.0. The summed E-state index contributed by atoms with van der Waals surface area (Å²) in [7, 11) is 2.00. The summed E-state index contributed by atoms with van der Waals surface area (Å²) < 4.78 is 22.3. The molecule has 4 heteroatoms. The standard InChI is InChI=1S/C24H16FN2O/c1-13-17-6-4-3-5-14(17)11-20-21(13)23-22-19(26-12-27(23)2)10-15-9-16(25)7-8-18(15)24(22)28-20/h3-12H,1-2H3/q+1. The van der Waals surface area contributed by atoms with Crippen molar-refractivity contribution in [3.63, 3.8) is 0 Å². The molecule has 0 spiro atoms. The number of rotatable bonds is 0. The Kier molecular flexibility index (Phi) is 2.91. The Morgan fingerprint density at radius 2 is 1.82 bits per heavy atom. The zero-order valence-electron chi connectivity index (χ0n) is 15.5. The van der Waals surface area contributed by atoms with Crippen LogP contribution in [0.3, 0.4) is 0 Å². The van der Waals surface area contributed by atoms with Crippen molar-refractivity contribution in [2.45, 2.75) is 6.92 Å². The number of hydrogen-bond donors (Lipinski definition) is 0. The molecule has 1 aliphatic rings. The van der Waals surface area contributed by atoms with E-state index in [-0.39, 0.29) is 5.82 Å². The van der Waals surface area contributed by atoms with Gasteiger partial charge in [0.1, 0.15) is 17.0 Å². The van der Waals surface area contributed by atoms with Gasteiger partial charge < -0.3 is 4.74 Å². The lowest BCUT2D eigenvalue weighted by atomic mass is 9.92. The fourth-order valence-electron chi connectivity index (χ4n) is 4.43. The molecule has 28 heavy (non-hydrogen) atoms. The highest BCUT2D eigenvalue weighted by Crippen LogP contribution is 2.50. The van der Waals surface area contributed by atoms with E-state index in [2.05, 4.69) is 36.2 Å². The van der Waals surface area contributed by atoms with E-state index in [4.69, 9.17) is 4.74 Å². The summed E-state index contributed by atoms with van der Waals surface area (Å²) in [6, 6.07) is 17.2. The Hall–Kier alpha value is -3.53. The molecule has 0 radical (unpaired) electrons. The Balaban J connectivity index is 1.85. The van der Waals surface area contributed by atoms with E-state index in [1.807, 2.05) is 30.1 Å². The van der Waals surface area contributed by atoms with Crippen LogP contribution < -0.4 is 9.30 Å². The van der Waals surface area contributed by atoms with E-state index < -0.39 is 0 Å². The van der Waals surface area contributed by atoms with Crippen molar-refractivity contribution in [1.29, 1.82) is 0 Å². The largest absolute Gasteiger partial charge is 0.455 e. The monoisotopic (exact) mass is 367 g/mol. The van der Waals surface area contributed by atoms with Crippen LogP contribution in [0.4, 0.5) is 4.39 Å². The van der Waals surface area contributed by atoms with Crippen LogP contribution in [0.5, 0.6) is 11.5 Å². The second kappa shape index (κ2) is 5.26. The Morgan fingerprint density at radius 3 is 2.71 bits per heavy atom. The summed E-state index contributed by atoms with van der Waals surface area (Å²) in [6.07, 6.45) is 1.82. The van der Waals surface area contributed by atoms with Gasteiger partial charge >= 0.3 is 0 Å². The summed E-state index contributed by atoms with van der Waals surface area (Å²) in [5.74, 6) is 1.30. The van der Waals surface area contributed by atoms with Crippen LogP contribution in [-0.2, 0) is 7.05 Å². The van der Waals surface area contributed by atoms with E-state index in [0.717, 1.165) is 49.8 Å². The molecule has 6 rings (SSSR count). The zero-order valence-corrected chi connectivity index (χ0v) is 15.5. The maximum Gasteiger partial charge on any atom is 0.287 e. The lowest BCUT2D eigenvalue weighted by Gasteiger charge is -2.23. The molecule has 134 valence electrons. The van der Waals surface area contributed by atoms with Crippen LogP contribution in [0.15, 0.2) is 60.9 Å². The minimum Gasteiger partial charge on any atom is -0.455 e. The SMILES string of the molecule is Cc1c2c(cc3ccccc13)Oc1c3ccc(F)cc3cc3nc[n+](C)c-2c13. The van der Waals surface area contributed by atoms with Crippen molar-refractivity contribution in [2.75, 3.05) is 0 Å². The Bertz CT molecular complexity index is 1470. The minimum absolute atomic E-state index is 0.265. The number of aryl methyl sites for hydroxylation is 2. The summed E-state index contributed by atoms with van der Waals surface area (Å²) in [5.41, 5.74) is 4.15. The van der Waals surface area contributed by atoms with Gasteiger partial charge in [0.2, 0.25) is 0 Å². The number of halogens is 1. The number of ether oxygens (including phenoxy) is 1. The van der Waals surface area contributed by atoms with E-state index in [0.29, 0.717) is 0 Å². The Morgan fingerprint density at radius 1 is 0.964 bits per heavy atom. The molecular formula is C24H16FN2O+. The van der Waals surface area contributed by atoms with E-state index >= 15 is 0 Å². The normalized spacial score (nSPS) is 12.4. The van der Waals surface area contributed by atoms with Gasteiger partial charge in [-0.3, -0.25) is 0 Å². The molecule has 0 unspecified atom stereocenters. The molecule has 0 aliphatic carbocycles. The van der Waals surface area contributed by atoms with Crippen molar-refractivity contribution in [3.8, 4) is 22.8 Å². The first-order valence-electron chi connectivity index (χ1n) is 9.23. The molecule has 0 atom stereocenters. The molecule has 0 amide bonds. The first kappa shape index (κ1) is 15.5. The molecule has 2 heterocycles. The first-order valence-corrected chi connectivity index (χ1v) is 9.23. The molecule has 0 N–H and O–H groups in total. The highest BCUT2D eigenvalue weighted by atomic mass is 19.1. The molecular weight excluding hydrogens is 351 g/mol. The van der Waals surface area contributed by atoms with Gasteiger partial charge in [0.05, 0.1) is 12.6 Å². The fraction of sp³-hybridized carbons (Fsp3) is 0.0833. The number of benzene rings is 4. The third kappa shape index (κ3) is 1.92. The number of fused-ring (bicyclic) bond motifs is 5. The highest BCUT2D eigenvalue weighted by Gasteiger charge is 2.31. The molecule has 1 aromatic heterocycles. The lowest BCUT2D eigenvalue weighted by molar-refractivity contribution is -0.662. The average Bonchev–Trinajstić information content (AvgIpc) is 2.69. The highest BCUT2D eigenvalue weighted by molar-refractivity contribution is 6.11. The quantitative estimate of drug-likeness (QED) is 0.258. The molecule has 0 saturated carbocycles. The molecule has 4 aromatic carbocycles. The van der Waals surface area contributed by atoms with E-state index in [1.54, 1.807) is 6.07 Å². The second-order valence-electron chi connectivity index (χ2n) is 7.37.